The molecule has 0 amide bonds. The molecule has 1 aliphatic heterocycles. The van der Waals surface area contributed by atoms with Crippen LogP contribution >= 0.6 is 0 Å². The maximum atomic E-state index is 12.3. The second-order valence-corrected chi connectivity index (χ2v) is 8.26. The summed E-state index contributed by atoms with van der Waals surface area (Å²) in [5, 5.41) is 13.9. The van der Waals surface area contributed by atoms with Crippen LogP contribution in [0.3, 0.4) is 0 Å². The van der Waals surface area contributed by atoms with Crippen LogP contribution in [0.15, 0.2) is 24.3 Å². The lowest BCUT2D eigenvalue weighted by Gasteiger charge is -2.45. The van der Waals surface area contributed by atoms with Crippen molar-refractivity contribution in [2.45, 2.75) is 71.8 Å². The normalized spacial score (nSPS) is 24.6. The summed E-state index contributed by atoms with van der Waals surface area (Å²) in [5.41, 5.74) is 0.899. The Labute approximate surface area is 159 Å². The highest BCUT2D eigenvalue weighted by Gasteiger charge is 2.35. The molecule has 0 aliphatic carbocycles. The molecule has 0 spiro atoms. The van der Waals surface area contributed by atoms with Gasteiger partial charge in [0.15, 0.2) is 0 Å². The number of piperazine rings is 1. The fraction of sp³-hybridized carbons (Fsp3) is 0.700. The van der Waals surface area contributed by atoms with Crippen molar-refractivity contribution in [2.75, 3.05) is 6.54 Å². The lowest BCUT2D eigenvalue weighted by molar-refractivity contribution is -0.274. The van der Waals surface area contributed by atoms with Gasteiger partial charge < -0.3 is 9.84 Å². The largest absolute Gasteiger partial charge is 0.573 e. The summed E-state index contributed by atoms with van der Waals surface area (Å²) in [6.07, 6.45) is -3.49. The molecule has 0 aromatic heterocycles. The smallest absolute Gasteiger partial charge is 0.406 e. The van der Waals surface area contributed by atoms with Crippen molar-refractivity contribution in [2.24, 2.45) is 11.8 Å². The summed E-state index contributed by atoms with van der Waals surface area (Å²) in [6.45, 7) is 9.92. The minimum atomic E-state index is -4.68. The standard InChI is InChI=1S/C20H31F3N2O2/c1-13(2)9-16-12-25(18(10-14(3)4)19(26)24-16)11-15-5-7-17(8-6-15)27-20(21,22)23/h5-8,13-14,16,18-19,24,26H,9-12H2,1-4H3/t16-,18?,19?/m0/s1. The van der Waals surface area contributed by atoms with Gasteiger partial charge in [-0.15, -0.1) is 13.2 Å². The minimum Gasteiger partial charge on any atom is -0.406 e. The van der Waals surface area contributed by atoms with Crippen LogP contribution in [0.5, 0.6) is 5.75 Å². The highest BCUT2D eigenvalue weighted by atomic mass is 19.4. The minimum absolute atomic E-state index is 0.0282. The van der Waals surface area contributed by atoms with E-state index in [4.69, 9.17) is 0 Å². The Morgan fingerprint density at radius 3 is 2.22 bits per heavy atom. The molecule has 0 saturated carbocycles. The first-order valence-corrected chi connectivity index (χ1v) is 9.56. The molecule has 0 radical (unpaired) electrons. The maximum absolute atomic E-state index is 12.3. The van der Waals surface area contributed by atoms with E-state index in [1.165, 1.54) is 12.1 Å². The van der Waals surface area contributed by atoms with Crippen LogP contribution in [0, 0.1) is 11.8 Å². The molecule has 1 aromatic rings. The molecule has 1 heterocycles. The van der Waals surface area contributed by atoms with E-state index in [2.05, 4.69) is 42.6 Å². The van der Waals surface area contributed by atoms with Crippen LogP contribution in [-0.4, -0.2) is 41.2 Å². The monoisotopic (exact) mass is 388 g/mol. The van der Waals surface area contributed by atoms with E-state index in [-0.39, 0.29) is 17.8 Å². The summed E-state index contributed by atoms with van der Waals surface area (Å²) in [7, 11) is 0. The number of aliphatic hydroxyl groups is 1. The van der Waals surface area contributed by atoms with Gasteiger partial charge in [0.25, 0.3) is 0 Å². The second-order valence-electron chi connectivity index (χ2n) is 8.26. The fourth-order valence-electron chi connectivity index (χ4n) is 3.71. The quantitative estimate of drug-likeness (QED) is 0.737. The summed E-state index contributed by atoms with van der Waals surface area (Å²) in [4.78, 5) is 2.24. The lowest BCUT2D eigenvalue weighted by Crippen LogP contribution is -2.62. The van der Waals surface area contributed by atoms with Crippen molar-refractivity contribution in [3.8, 4) is 5.75 Å². The van der Waals surface area contributed by atoms with Gasteiger partial charge in [-0.2, -0.15) is 0 Å². The Morgan fingerprint density at radius 1 is 1.11 bits per heavy atom. The van der Waals surface area contributed by atoms with Crippen molar-refractivity contribution in [1.82, 2.24) is 10.2 Å². The highest BCUT2D eigenvalue weighted by Crippen LogP contribution is 2.26. The molecule has 1 saturated heterocycles. The predicted octanol–water partition coefficient (Wildman–Crippen LogP) is 4.14. The fourth-order valence-corrected chi connectivity index (χ4v) is 3.71. The molecular formula is C20H31F3N2O2. The molecule has 2 unspecified atom stereocenters. The number of aliphatic hydroxyl groups excluding tert-OH is 1. The SMILES string of the molecule is CC(C)CC1C(O)N[C@@H](CC(C)C)CN1Cc1ccc(OC(F)(F)F)cc1. The number of nitrogens with one attached hydrogen (secondary N) is 1. The average Bonchev–Trinajstić information content (AvgIpc) is 2.50. The van der Waals surface area contributed by atoms with Gasteiger partial charge in [0.2, 0.25) is 0 Å². The van der Waals surface area contributed by atoms with Crippen molar-refractivity contribution in [3.05, 3.63) is 29.8 Å². The maximum Gasteiger partial charge on any atom is 0.573 e. The number of hydrogen-bond acceptors (Lipinski definition) is 4. The molecule has 154 valence electrons. The lowest BCUT2D eigenvalue weighted by atomic mass is 9.94. The van der Waals surface area contributed by atoms with Crippen LogP contribution in [0.25, 0.3) is 0 Å². The molecule has 7 heteroatoms. The topological polar surface area (TPSA) is 44.7 Å². The van der Waals surface area contributed by atoms with Crippen LogP contribution in [0.4, 0.5) is 13.2 Å². The van der Waals surface area contributed by atoms with Crippen molar-refractivity contribution >= 4 is 0 Å². The number of nitrogens with zero attached hydrogens (tertiary/aromatic N) is 1. The van der Waals surface area contributed by atoms with Crippen LogP contribution in [-0.2, 0) is 6.54 Å². The van der Waals surface area contributed by atoms with E-state index in [9.17, 15) is 18.3 Å². The number of hydrogen-bond donors (Lipinski definition) is 2. The molecule has 1 aromatic carbocycles. The van der Waals surface area contributed by atoms with Gasteiger partial charge >= 0.3 is 6.36 Å². The number of rotatable bonds is 7. The Balaban J connectivity index is 2.10. The van der Waals surface area contributed by atoms with Crippen molar-refractivity contribution in [1.29, 1.82) is 0 Å². The highest BCUT2D eigenvalue weighted by molar-refractivity contribution is 5.27. The summed E-state index contributed by atoms with van der Waals surface area (Å²) in [6, 6.07) is 6.14. The second kappa shape index (κ2) is 9.26. The van der Waals surface area contributed by atoms with Gasteiger partial charge in [-0.1, -0.05) is 39.8 Å². The third kappa shape index (κ3) is 7.31. The summed E-state index contributed by atoms with van der Waals surface area (Å²) >= 11 is 0. The van der Waals surface area contributed by atoms with Gasteiger partial charge in [0.05, 0.1) is 0 Å². The molecule has 1 aliphatic rings. The molecule has 4 nitrogen and oxygen atoms in total. The Bertz CT molecular complexity index is 576. The zero-order chi connectivity index (χ0) is 20.2. The average molecular weight is 388 g/mol. The predicted molar refractivity (Wildman–Crippen MR) is 99.2 cm³/mol. The van der Waals surface area contributed by atoms with Gasteiger partial charge in [-0.3, -0.25) is 10.2 Å². The summed E-state index contributed by atoms with van der Waals surface area (Å²) < 4.78 is 40.9. The van der Waals surface area contributed by atoms with Gasteiger partial charge in [0.1, 0.15) is 12.0 Å². The zero-order valence-electron chi connectivity index (χ0n) is 16.5. The Hall–Kier alpha value is -1.31. The van der Waals surface area contributed by atoms with E-state index < -0.39 is 12.6 Å². The van der Waals surface area contributed by atoms with Crippen molar-refractivity contribution in [3.63, 3.8) is 0 Å². The van der Waals surface area contributed by atoms with E-state index in [1.807, 2.05) is 0 Å². The number of benzene rings is 1. The number of ether oxygens (including phenoxy) is 1. The van der Waals surface area contributed by atoms with E-state index in [1.54, 1.807) is 12.1 Å². The third-order valence-corrected chi connectivity index (χ3v) is 4.71. The Morgan fingerprint density at radius 2 is 1.70 bits per heavy atom. The molecule has 3 atom stereocenters. The molecule has 27 heavy (non-hydrogen) atoms. The molecule has 2 N–H and O–H groups in total. The Kier molecular flexibility index (Phi) is 7.54. The molecule has 0 bridgehead atoms. The zero-order valence-corrected chi connectivity index (χ0v) is 16.5. The van der Waals surface area contributed by atoms with Crippen LogP contribution < -0.4 is 10.1 Å². The van der Waals surface area contributed by atoms with Gasteiger partial charge in [-0.25, -0.2) is 0 Å². The molecule has 1 fully saturated rings. The van der Waals surface area contributed by atoms with Crippen LogP contribution in [0.1, 0.15) is 46.1 Å². The van der Waals surface area contributed by atoms with Gasteiger partial charge in [-0.05, 0) is 42.4 Å². The van der Waals surface area contributed by atoms with Crippen molar-refractivity contribution < 1.29 is 23.0 Å². The first-order chi connectivity index (χ1) is 12.5. The van der Waals surface area contributed by atoms with E-state index >= 15 is 0 Å². The van der Waals surface area contributed by atoms with Crippen LogP contribution in [0.2, 0.25) is 0 Å². The summed E-state index contributed by atoms with van der Waals surface area (Å²) in [5.74, 6) is 0.721. The molecular weight excluding hydrogens is 357 g/mol. The third-order valence-electron chi connectivity index (χ3n) is 4.71. The molecule has 2 rings (SSSR count). The van der Waals surface area contributed by atoms with E-state index in [0.29, 0.717) is 18.4 Å². The first-order valence-electron chi connectivity index (χ1n) is 9.56. The number of alkyl halides is 3. The first kappa shape index (κ1) is 22.0. The van der Waals surface area contributed by atoms with Gasteiger partial charge in [0, 0.05) is 25.2 Å². The number of halogens is 3. The van der Waals surface area contributed by atoms with E-state index in [0.717, 1.165) is 24.9 Å².